The third-order valence-electron chi connectivity index (χ3n) is 3.65. The van der Waals surface area contributed by atoms with E-state index in [0.29, 0.717) is 6.54 Å². The minimum atomic E-state index is 0.0788. The van der Waals surface area contributed by atoms with Crippen molar-refractivity contribution in [3.05, 3.63) is 70.5 Å². The smallest absolute Gasteiger partial charge is 0.258 e. The van der Waals surface area contributed by atoms with Crippen molar-refractivity contribution in [3.8, 4) is 11.1 Å². The number of aryl methyl sites for hydroxylation is 2. The van der Waals surface area contributed by atoms with Gasteiger partial charge in [0, 0.05) is 12.1 Å². The van der Waals surface area contributed by atoms with Gasteiger partial charge in [-0.25, -0.2) is 0 Å². The Bertz CT molecular complexity index is 816. The quantitative estimate of drug-likeness (QED) is 0.685. The highest BCUT2D eigenvalue weighted by atomic mass is 16.1. The zero-order chi connectivity index (χ0) is 14.1. The second-order valence-electron chi connectivity index (χ2n) is 5.04. The maximum absolute atomic E-state index is 12.7. The van der Waals surface area contributed by atoms with Gasteiger partial charge in [-0.05, 0) is 43.0 Å². The van der Waals surface area contributed by atoms with Crippen LogP contribution in [0.4, 0.5) is 0 Å². The Morgan fingerprint density at radius 1 is 1.00 bits per heavy atom. The number of pyridine rings is 1. The molecule has 0 aliphatic carbocycles. The van der Waals surface area contributed by atoms with Crippen LogP contribution in [-0.4, -0.2) is 4.57 Å². The molecule has 1 heterocycles. The van der Waals surface area contributed by atoms with Crippen molar-refractivity contribution in [2.24, 2.45) is 0 Å². The van der Waals surface area contributed by atoms with Crippen LogP contribution in [0.25, 0.3) is 22.0 Å². The van der Waals surface area contributed by atoms with Crippen LogP contribution in [0.2, 0.25) is 0 Å². The number of hydrogen-bond acceptors (Lipinski definition) is 1. The molecule has 0 radical (unpaired) electrons. The van der Waals surface area contributed by atoms with Gasteiger partial charge in [-0.15, -0.1) is 0 Å². The fraction of sp³-hybridized carbons (Fsp3) is 0.167. The molecule has 2 nitrogen and oxygen atoms in total. The summed E-state index contributed by atoms with van der Waals surface area (Å²) >= 11 is 0. The van der Waals surface area contributed by atoms with Crippen LogP contribution < -0.4 is 5.56 Å². The van der Waals surface area contributed by atoms with Crippen LogP contribution in [0.5, 0.6) is 0 Å². The summed E-state index contributed by atoms with van der Waals surface area (Å²) in [5.41, 5.74) is 4.03. The van der Waals surface area contributed by atoms with E-state index >= 15 is 0 Å². The van der Waals surface area contributed by atoms with Crippen molar-refractivity contribution in [2.75, 3.05) is 0 Å². The van der Waals surface area contributed by atoms with Crippen LogP contribution >= 0.6 is 0 Å². The number of fused-ring (bicyclic) bond motifs is 1. The van der Waals surface area contributed by atoms with Crippen LogP contribution in [0.15, 0.2) is 59.4 Å². The molecule has 20 heavy (non-hydrogen) atoms. The van der Waals surface area contributed by atoms with E-state index in [0.717, 1.165) is 22.0 Å². The molecule has 0 fully saturated rings. The number of hydrogen-bond donors (Lipinski definition) is 0. The average molecular weight is 263 g/mol. The Labute approximate surface area is 118 Å². The van der Waals surface area contributed by atoms with Gasteiger partial charge in [0.15, 0.2) is 0 Å². The van der Waals surface area contributed by atoms with E-state index in [9.17, 15) is 4.79 Å². The van der Waals surface area contributed by atoms with Crippen molar-refractivity contribution < 1.29 is 0 Å². The molecule has 100 valence electrons. The standard InChI is InChI=1S/C18H17NO/c1-3-19-17-10-9-13(2)11-15(17)12-16(18(19)20)14-7-5-4-6-8-14/h4-12H,3H2,1-2H3. The summed E-state index contributed by atoms with van der Waals surface area (Å²) in [4.78, 5) is 12.7. The fourth-order valence-corrected chi connectivity index (χ4v) is 2.65. The lowest BCUT2D eigenvalue weighted by molar-refractivity contribution is 0.761. The van der Waals surface area contributed by atoms with E-state index in [4.69, 9.17) is 0 Å². The van der Waals surface area contributed by atoms with E-state index in [2.05, 4.69) is 19.1 Å². The van der Waals surface area contributed by atoms with E-state index < -0.39 is 0 Å². The first-order valence-corrected chi connectivity index (χ1v) is 6.90. The highest BCUT2D eigenvalue weighted by Crippen LogP contribution is 2.21. The van der Waals surface area contributed by atoms with E-state index in [1.165, 1.54) is 5.56 Å². The van der Waals surface area contributed by atoms with Crippen molar-refractivity contribution in [2.45, 2.75) is 20.4 Å². The summed E-state index contributed by atoms with van der Waals surface area (Å²) in [5, 5.41) is 1.12. The molecule has 1 aromatic heterocycles. The summed E-state index contributed by atoms with van der Waals surface area (Å²) in [6.45, 7) is 4.76. The molecule has 0 atom stereocenters. The van der Waals surface area contributed by atoms with Gasteiger partial charge in [0.2, 0.25) is 0 Å². The lowest BCUT2D eigenvalue weighted by Crippen LogP contribution is -2.21. The van der Waals surface area contributed by atoms with Gasteiger partial charge in [-0.2, -0.15) is 0 Å². The number of nitrogens with zero attached hydrogens (tertiary/aromatic N) is 1. The average Bonchev–Trinajstić information content (AvgIpc) is 2.48. The van der Waals surface area contributed by atoms with E-state index in [1.807, 2.05) is 54.0 Å². The SMILES string of the molecule is CCn1c(=O)c(-c2ccccc2)cc2cc(C)ccc21. The lowest BCUT2D eigenvalue weighted by atomic mass is 10.0. The molecule has 0 saturated heterocycles. The van der Waals surface area contributed by atoms with Crippen molar-refractivity contribution >= 4 is 10.9 Å². The van der Waals surface area contributed by atoms with E-state index in [-0.39, 0.29) is 5.56 Å². The second-order valence-corrected chi connectivity index (χ2v) is 5.04. The van der Waals surface area contributed by atoms with E-state index in [1.54, 1.807) is 0 Å². The van der Waals surface area contributed by atoms with Crippen molar-refractivity contribution in [1.82, 2.24) is 4.57 Å². The Kier molecular flexibility index (Phi) is 3.15. The molecule has 0 unspecified atom stereocenters. The third-order valence-corrected chi connectivity index (χ3v) is 3.65. The molecule has 0 aliphatic heterocycles. The minimum absolute atomic E-state index is 0.0788. The van der Waals surface area contributed by atoms with Gasteiger partial charge in [0.25, 0.3) is 5.56 Å². The molecule has 0 aliphatic rings. The molecular weight excluding hydrogens is 246 g/mol. The monoisotopic (exact) mass is 263 g/mol. The summed E-state index contributed by atoms with van der Waals surface area (Å²) in [5.74, 6) is 0. The molecule has 2 aromatic carbocycles. The van der Waals surface area contributed by atoms with Gasteiger partial charge in [0.1, 0.15) is 0 Å². The van der Waals surface area contributed by atoms with Crippen LogP contribution in [0.3, 0.4) is 0 Å². The minimum Gasteiger partial charge on any atom is -0.308 e. The second kappa shape index (κ2) is 4.97. The predicted molar refractivity (Wildman–Crippen MR) is 84.1 cm³/mol. The van der Waals surface area contributed by atoms with Gasteiger partial charge in [0.05, 0.1) is 5.52 Å². The number of rotatable bonds is 2. The molecule has 0 amide bonds. The largest absolute Gasteiger partial charge is 0.308 e. The van der Waals surface area contributed by atoms with Gasteiger partial charge < -0.3 is 4.57 Å². The van der Waals surface area contributed by atoms with Gasteiger partial charge in [-0.1, -0.05) is 42.0 Å². The van der Waals surface area contributed by atoms with Crippen molar-refractivity contribution in [1.29, 1.82) is 0 Å². The normalized spacial score (nSPS) is 10.9. The lowest BCUT2D eigenvalue weighted by Gasteiger charge is -2.12. The number of benzene rings is 2. The first kappa shape index (κ1) is 12.7. The fourth-order valence-electron chi connectivity index (χ4n) is 2.65. The third kappa shape index (κ3) is 2.03. The maximum Gasteiger partial charge on any atom is 0.258 e. The highest BCUT2D eigenvalue weighted by Gasteiger charge is 2.09. The molecule has 0 saturated carbocycles. The zero-order valence-electron chi connectivity index (χ0n) is 11.8. The van der Waals surface area contributed by atoms with Crippen LogP contribution in [-0.2, 0) is 6.54 Å². The Morgan fingerprint density at radius 3 is 2.45 bits per heavy atom. The zero-order valence-corrected chi connectivity index (χ0v) is 11.8. The van der Waals surface area contributed by atoms with Gasteiger partial charge >= 0.3 is 0 Å². The summed E-state index contributed by atoms with van der Waals surface area (Å²) < 4.78 is 1.84. The highest BCUT2D eigenvalue weighted by molar-refractivity contribution is 5.84. The first-order chi connectivity index (χ1) is 9.70. The molecule has 3 rings (SSSR count). The van der Waals surface area contributed by atoms with Crippen molar-refractivity contribution in [3.63, 3.8) is 0 Å². The Morgan fingerprint density at radius 2 is 1.75 bits per heavy atom. The van der Waals surface area contributed by atoms with Crippen LogP contribution in [0.1, 0.15) is 12.5 Å². The van der Waals surface area contributed by atoms with Crippen LogP contribution in [0, 0.1) is 6.92 Å². The van der Waals surface area contributed by atoms with Gasteiger partial charge in [-0.3, -0.25) is 4.79 Å². The predicted octanol–water partition coefficient (Wildman–Crippen LogP) is 4.00. The summed E-state index contributed by atoms with van der Waals surface area (Å²) in [7, 11) is 0. The molecule has 0 N–H and O–H groups in total. The Balaban J connectivity index is 2.39. The first-order valence-electron chi connectivity index (χ1n) is 6.90. The topological polar surface area (TPSA) is 22.0 Å². The summed E-state index contributed by atoms with van der Waals surface area (Å²) in [6, 6.07) is 18.1. The summed E-state index contributed by atoms with van der Waals surface area (Å²) in [6.07, 6.45) is 0. The number of aromatic nitrogens is 1. The molecule has 2 heteroatoms. The Hall–Kier alpha value is -2.35. The maximum atomic E-state index is 12.7. The molecular formula is C18H17NO. The molecule has 0 spiro atoms. The molecule has 3 aromatic rings. The molecule has 0 bridgehead atoms.